The predicted molar refractivity (Wildman–Crippen MR) is 56.6 cm³/mol. The Hall–Kier alpha value is -1.55. The first-order valence-electron chi connectivity index (χ1n) is 4.75. The lowest BCUT2D eigenvalue weighted by Crippen LogP contribution is -2.13. The van der Waals surface area contributed by atoms with E-state index in [0.717, 1.165) is 18.7 Å². The fourth-order valence-corrected chi connectivity index (χ4v) is 1.11. The average molecular weight is 209 g/mol. The minimum absolute atomic E-state index is 0.379. The van der Waals surface area contributed by atoms with Crippen molar-refractivity contribution in [3.8, 4) is 0 Å². The second-order valence-corrected chi connectivity index (χ2v) is 3.05. The van der Waals surface area contributed by atoms with Crippen LogP contribution in [0.5, 0.6) is 0 Å². The van der Waals surface area contributed by atoms with E-state index in [9.17, 15) is 4.79 Å². The van der Waals surface area contributed by atoms with Crippen molar-refractivity contribution in [3.63, 3.8) is 0 Å². The lowest BCUT2D eigenvalue weighted by molar-refractivity contribution is 0.0600. The van der Waals surface area contributed by atoms with Gasteiger partial charge in [0.15, 0.2) is 0 Å². The van der Waals surface area contributed by atoms with Gasteiger partial charge in [-0.3, -0.25) is 0 Å². The second kappa shape index (κ2) is 6.03. The first-order valence-corrected chi connectivity index (χ1v) is 4.75. The van der Waals surface area contributed by atoms with E-state index in [1.807, 2.05) is 6.08 Å². The SMILES string of the molecule is C=CCCNCc1cc(C(=O)OC)co1. The molecule has 0 spiro atoms. The monoisotopic (exact) mass is 209 g/mol. The molecule has 1 N–H and O–H groups in total. The summed E-state index contributed by atoms with van der Waals surface area (Å²) in [5.74, 6) is 0.343. The van der Waals surface area contributed by atoms with Gasteiger partial charge < -0.3 is 14.5 Å². The fraction of sp³-hybridized carbons (Fsp3) is 0.364. The Bertz CT molecular complexity index is 330. The first-order chi connectivity index (χ1) is 7.27. The Morgan fingerprint density at radius 3 is 3.20 bits per heavy atom. The van der Waals surface area contributed by atoms with E-state index in [4.69, 9.17) is 4.42 Å². The molecule has 0 saturated carbocycles. The molecule has 4 nitrogen and oxygen atoms in total. The van der Waals surface area contributed by atoms with Gasteiger partial charge in [-0.25, -0.2) is 4.79 Å². The summed E-state index contributed by atoms with van der Waals surface area (Å²) in [5, 5.41) is 3.16. The van der Waals surface area contributed by atoms with Crippen molar-refractivity contribution in [1.82, 2.24) is 5.32 Å². The summed E-state index contributed by atoms with van der Waals surface area (Å²) in [4.78, 5) is 11.1. The van der Waals surface area contributed by atoms with Gasteiger partial charge >= 0.3 is 5.97 Å². The highest BCUT2D eigenvalue weighted by Gasteiger charge is 2.09. The van der Waals surface area contributed by atoms with E-state index in [1.165, 1.54) is 13.4 Å². The quantitative estimate of drug-likeness (QED) is 0.440. The third kappa shape index (κ3) is 3.59. The molecule has 0 atom stereocenters. The molecule has 0 aromatic carbocycles. The van der Waals surface area contributed by atoms with Crippen LogP contribution in [0.4, 0.5) is 0 Å². The van der Waals surface area contributed by atoms with E-state index in [2.05, 4.69) is 16.6 Å². The summed E-state index contributed by atoms with van der Waals surface area (Å²) in [6.45, 7) is 5.07. The third-order valence-corrected chi connectivity index (χ3v) is 1.90. The summed E-state index contributed by atoms with van der Waals surface area (Å²) < 4.78 is 9.74. The number of hydrogen-bond acceptors (Lipinski definition) is 4. The number of carbonyl (C=O) groups is 1. The van der Waals surface area contributed by atoms with E-state index in [0.29, 0.717) is 12.1 Å². The number of ether oxygens (including phenoxy) is 1. The van der Waals surface area contributed by atoms with Gasteiger partial charge in [0.05, 0.1) is 19.2 Å². The van der Waals surface area contributed by atoms with Crippen molar-refractivity contribution >= 4 is 5.97 Å². The van der Waals surface area contributed by atoms with Crippen molar-refractivity contribution in [3.05, 3.63) is 36.3 Å². The number of rotatable bonds is 6. The van der Waals surface area contributed by atoms with Crippen LogP contribution in [-0.2, 0) is 11.3 Å². The largest absolute Gasteiger partial charge is 0.467 e. The molecule has 0 bridgehead atoms. The summed E-state index contributed by atoms with van der Waals surface area (Å²) in [5.41, 5.74) is 0.443. The molecular weight excluding hydrogens is 194 g/mol. The number of hydrogen-bond donors (Lipinski definition) is 1. The Morgan fingerprint density at radius 2 is 2.53 bits per heavy atom. The van der Waals surface area contributed by atoms with Crippen molar-refractivity contribution in [2.24, 2.45) is 0 Å². The molecule has 1 rings (SSSR count). The van der Waals surface area contributed by atoms with Gasteiger partial charge in [-0.15, -0.1) is 6.58 Å². The van der Waals surface area contributed by atoms with Crippen LogP contribution in [-0.4, -0.2) is 19.6 Å². The van der Waals surface area contributed by atoms with Gasteiger partial charge in [0.1, 0.15) is 12.0 Å². The van der Waals surface area contributed by atoms with E-state index in [-0.39, 0.29) is 5.97 Å². The lowest BCUT2D eigenvalue weighted by atomic mass is 10.3. The number of esters is 1. The standard InChI is InChI=1S/C11H15NO3/c1-3-4-5-12-7-10-6-9(8-15-10)11(13)14-2/h3,6,8,12H,1,4-5,7H2,2H3. The zero-order valence-corrected chi connectivity index (χ0v) is 8.79. The van der Waals surface area contributed by atoms with E-state index in [1.54, 1.807) is 6.07 Å². The summed E-state index contributed by atoms with van der Waals surface area (Å²) >= 11 is 0. The highest BCUT2D eigenvalue weighted by atomic mass is 16.5. The molecule has 0 aliphatic heterocycles. The molecule has 15 heavy (non-hydrogen) atoms. The van der Waals surface area contributed by atoms with Crippen LogP contribution in [0, 0.1) is 0 Å². The molecule has 0 radical (unpaired) electrons. The smallest absolute Gasteiger partial charge is 0.341 e. The number of furan rings is 1. The number of carbonyl (C=O) groups excluding carboxylic acids is 1. The Morgan fingerprint density at radius 1 is 1.73 bits per heavy atom. The minimum Gasteiger partial charge on any atom is -0.467 e. The van der Waals surface area contributed by atoms with Gasteiger partial charge in [0.25, 0.3) is 0 Å². The minimum atomic E-state index is -0.379. The third-order valence-electron chi connectivity index (χ3n) is 1.90. The van der Waals surface area contributed by atoms with Crippen LogP contribution in [0.25, 0.3) is 0 Å². The average Bonchev–Trinajstić information content (AvgIpc) is 2.72. The van der Waals surface area contributed by atoms with Crippen LogP contribution in [0.3, 0.4) is 0 Å². The van der Waals surface area contributed by atoms with Crippen molar-refractivity contribution in [2.45, 2.75) is 13.0 Å². The maximum atomic E-state index is 11.1. The molecular formula is C11H15NO3. The zero-order valence-electron chi connectivity index (χ0n) is 8.79. The number of nitrogens with one attached hydrogen (secondary N) is 1. The molecule has 0 aliphatic carbocycles. The molecule has 0 saturated heterocycles. The normalized spacial score (nSPS) is 9.93. The topological polar surface area (TPSA) is 51.5 Å². The first kappa shape index (κ1) is 11.5. The molecule has 1 aromatic heterocycles. The van der Waals surface area contributed by atoms with Gasteiger partial charge in [0, 0.05) is 0 Å². The number of methoxy groups -OCH3 is 1. The van der Waals surface area contributed by atoms with Gasteiger partial charge in [-0.2, -0.15) is 0 Å². The van der Waals surface area contributed by atoms with Gasteiger partial charge in [0.2, 0.25) is 0 Å². The van der Waals surface area contributed by atoms with Crippen LogP contribution in [0.15, 0.2) is 29.4 Å². The van der Waals surface area contributed by atoms with Crippen molar-refractivity contribution in [2.75, 3.05) is 13.7 Å². The fourth-order valence-electron chi connectivity index (χ4n) is 1.11. The van der Waals surface area contributed by atoms with Crippen LogP contribution in [0.2, 0.25) is 0 Å². The van der Waals surface area contributed by atoms with E-state index < -0.39 is 0 Å². The Balaban J connectivity index is 2.39. The van der Waals surface area contributed by atoms with Crippen molar-refractivity contribution < 1.29 is 13.9 Å². The van der Waals surface area contributed by atoms with Crippen molar-refractivity contribution in [1.29, 1.82) is 0 Å². The van der Waals surface area contributed by atoms with Crippen LogP contribution >= 0.6 is 0 Å². The molecule has 1 aromatic rings. The molecule has 4 heteroatoms. The molecule has 82 valence electrons. The molecule has 0 aliphatic rings. The highest BCUT2D eigenvalue weighted by Crippen LogP contribution is 2.08. The van der Waals surface area contributed by atoms with Crippen LogP contribution < -0.4 is 5.32 Å². The van der Waals surface area contributed by atoms with Crippen LogP contribution in [0.1, 0.15) is 22.5 Å². The Kier molecular flexibility index (Phi) is 4.63. The van der Waals surface area contributed by atoms with Gasteiger partial charge in [-0.05, 0) is 19.0 Å². The predicted octanol–water partition coefficient (Wildman–Crippen LogP) is 1.73. The highest BCUT2D eigenvalue weighted by molar-refractivity contribution is 5.88. The Labute approximate surface area is 88.9 Å². The lowest BCUT2D eigenvalue weighted by Gasteiger charge is -1.98. The maximum Gasteiger partial charge on any atom is 0.341 e. The molecule has 0 amide bonds. The second-order valence-electron chi connectivity index (χ2n) is 3.05. The van der Waals surface area contributed by atoms with E-state index >= 15 is 0 Å². The molecule has 1 heterocycles. The molecule has 0 fully saturated rings. The van der Waals surface area contributed by atoms with Gasteiger partial charge in [-0.1, -0.05) is 6.08 Å². The molecule has 0 unspecified atom stereocenters. The zero-order chi connectivity index (χ0) is 11.1. The summed E-state index contributed by atoms with van der Waals surface area (Å²) in [7, 11) is 1.34. The summed E-state index contributed by atoms with van der Waals surface area (Å²) in [6.07, 6.45) is 4.15. The summed E-state index contributed by atoms with van der Waals surface area (Å²) in [6, 6.07) is 1.67. The maximum absolute atomic E-state index is 11.1.